The maximum Gasteiger partial charge on any atom is 0.226 e. The Labute approximate surface area is 208 Å². The molecule has 0 bridgehead atoms. The van der Waals surface area contributed by atoms with Crippen LogP contribution in [0.4, 0.5) is 17.5 Å². The van der Waals surface area contributed by atoms with Crippen LogP contribution in [0, 0.1) is 6.92 Å². The Kier molecular flexibility index (Phi) is 5.57. The number of nitrogens with one attached hydrogen (secondary N) is 2. The molecule has 36 heavy (non-hydrogen) atoms. The highest BCUT2D eigenvalue weighted by Crippen LogP contribution is 2.31. The van der Waals surface area contributed by atoms with E-state index in [9.17, 15) is 0 Å². The van der Waals surface area contributed by atoms with E-state index in [2.05, 4.69) is 42.4 Å². The second-order valence-corrected chi connectivity index (χ2v) is 9.14. The number of aryl methyl sites for hydroxylation is 2. The smallest absolute Gasteiger partial charge is 0.226 e. The van der Waals surface area contributed by atoms with Gasteiger partial charge < -0.3 is 24.8 Å². The fraction of sp³-hybridized carbons (Fsp3) is 0.269. The quantitative estimate of drug-likeness (QED) is 0.386. The van der Waals surface area contributed by atoms with E-state index in [-0.39, 0.29) is 0 Å². The Balaban J connectivity index is 1.25. The number of nitrogens with zero attached hydrogens (tertiary/aromatic N) is 7. The Morgan fingerprint density at radius 1 is 1.06 bits per heavy atom. The molecule has 3 aromatic heterocycles. The molecule has 5 aromatic rings. The minimum Gasteiger partial charge on any atom is -0.457 e. The fourth-order valence-corrected chi connectivity index (χ4v) is 4.49. The lowest BCUT2D eigenvalue weighted by Gasteiger charge is -2.31. The summed E-state index contributed by atoms with van der Waals surface area (Å²) >= 11 is 0. The van der Waals surface area contributed by atoms with Crippen molar-refractivity contribution in [3.8, 4) is 11.5 Å². The van der Waals surface area contributed by atoms with Crippen LogP contribution in [0.5, 0.6) is 11.5 Å². The van der Waals surface area contributed by atoms with Crippen molar-refractivity contribution in [1.82, 2.24) is 34.8 Å². The minimum absolute atomic E-state index is 0.386. The van der Waals surface area contributed by atoms with Crippen molar-refractivity contribution in [2.75, 3.05) is 29.9 Å². The molecule has 1 atom stereocenters. The lowest BCUT2D eigenvalue weighted by molar-refractivity contribution is 0.479. The average molecular weight is 482 g/mol. The van der Waals surface area contributed by atoms with Crippen molar-refractivity contribution >= 4 is 39.5 Å². The van der Waals surface area contributed by atoms with Crippen LogP contribution in [0.25, 0.3) is 22.1 Å². The predicted octanol–water partition coefficient (Wildman–Crippen LogP) is 3.95. The number of imidazole rings is 1. The molecule has 0 unspecified atom stereocenters. The molecule has 1 aliphatic rings. The van der Waals surface area contributed by atoms with E-state index in [1.165, 1.54) is 6.33 Å². The van der Waals surface area contributed by atoms with E-state index in [1.54, 1.807) is 12.5 Å². The third-order valence-corrected chi connectivity index (χ3v) is 6.38. The van der Waals surface area contributed by atoms with Gasteiger partial charge in [0.2, 0.25) is 5.95 Å². The number of ether oxygens (including phenoxy) is 1. The molecule has 4 heterocycles. The summed E-state index contributed by atoms with van der Waals surface area (Å²) in [6, 6.07) is 12.3. The zero-order valence-corrected chi connectivity index (χ0v) is 20.4. The second-order valence-electron chi connectivity index (χ2n) is 9.14. The van der Waals surface area contributed by atoms with Gasteiger partial charge in [-0.1, -0.05) is 0 Å². The first-order valence-electron chi connectivity index (χ1n) is 12.0. The maximum absolute atomic E-state index is 6.16. The molecule has 0 spiro atoms. The highest BCUT2D eigenvalue weighted by molar-refractivity contribution is 5.87. The third-order valence-electron chi connectivity index (χ3n) is 6.38. The van der Waals surface area contributed by atoms with E-state index >= 15 is 0 Å². The summed E-state index contributed by atoms with van der Waals surface area (Å²) < 4.78 is 8.15. The van der Waals surface area contributed by atoms with Gasteiger partial charge in [-0.05, 0) is 49.7 Å². The third kappa shape index (κ3) is 4.27. The van der Waals surface area contributed by atoms with Gasteiger partial charge in [0.15, 0.2) is 5.82 Å². The van der Waals surface area contributed by atoms with Crippen molar-refractivity contribution in [3.63, 3.8) is 0 Å². The zero-order chi connectivity index (χ0) is 24.6. The largest absolute Gasteiger partial charge is 0.457 e. The number of benzene rings is 2. The molecule has 182 valence electrons. The topological polar surface area (TPSA) is 106 Å². The molecule has 0 radical (unpaired) electrons. The lowest BCUT2D eigenvalue weighted by atomic mass is 10.2. The van der Waals surface area contributed by atoms with Gasteiger partial charge in [0.05, 0.1) is 23.6 Å². The molecule has 2 N–H and O–H groups in total. The molecule has 6 rings (SSSR count). The van der Waals surface area contributed by atoms with E-state index in [4.69, 9.17) is 9.72 Å². The van der Waals surface area contributed by atoms with Crippen LogP contribution in [0.1, 0.15) is 12.5 Å². The molecule has 0 amide bonds. The first-order valence-corrected chi connectivity index (χ1v) is 12.0. The van der Waals surface area contributed by atoms with Gasteiger partial charge in [0.1, 0.15) is 28.9 Å². The molecule has 1 aliphatic heterocycles. The van der Waals surface area contributed by atoms with Crippen LogP contribution in [-0.2, 0) is 7.05 Å². The summed E-state index contributed by atoms with van der Waals surface area (Å²) in [5, 5.41) is 6.85. The summed E-state index contributed by atoms with van der Waals surface area (Å²) in [4.78, 5) is 24.8. The highest BCUT2D eigenvalue weighted by Gasteiger charge is 2.19. The number of rotatable bonds is 5. The number of piperazine rings is 1. The van der Waals surface area contributed by atoms with Gasteiger partial charge in [-0.3, -0.25) is 0 Å². The first kappa shape index (κ1) is 22.2. The van der Waals surface area contributed by atoms with E-state index in [0.717, 1.165) is 53.4 Å². The number of hydrogen-bond donors (Lipinski definition) is 2. The van der Waals surface area contributed by atoms with Gasteiger partial charge in [-0.15, -0.1) is 0 Å². The van der Waals surface area contributed by atoms with Gasteiger partial charge >= 0.3 is 0 Å². The molecular formula is C26H27N9O. The summed E-state index contributed by atoms with van der Waals surface area (Å²) in [6.45, 7) is 6.80. The molecular weight excluding hydrogens is 454 g/mol. The van der Waals surface area contributed by atoms with Crippen LogP contribution in [0.2, 0.25) is 0 Å². The van der Waals surface area contributed by atoms with Gasteiger partial charge in [0, 0.05) is 44.5 Å². The van der Waals surface area contributed by atoms with Gasteiger partial charge in [-0.2, -0.15) is 0 Å². The molecule has 1 fully saturated rings. The summed E-state index contributed by atoms with van der Waals surface area (Å²) in [5.74, 6) is 2.86. The van der Waals surface area contributed by atoms with Crippen LogP contribution in [0.3, 0.4) is 0 Å². The maximum atomic E-state index is 6.16. The van der Waals surface area contributed by atoms with E-state index in [1.807, 2.05) is 54.9 Å². The van der Waals surface area contributed by atoms with E-state index in [0.29, 0.717) is 28.8 Å². The first-order chi connectivity index (χ1) is 17.5. The summed E-state index contributed by atoms with van der Waals surface area (Å²) in [7, 11) is 1.98. The Morgan fingerprint density at radius 2 is 1.97 bits per heavy atom. The number of hydrogen-bond acceptors (Lipinski definition) is 9. The molecule has 10 heteroatoms. The van der Waals surface area contributed by atoms with Gasteiger partial charge in [-0.25, -0.2) is 24.9 Å². The predicted molar refractivity (Wildman–Crippen MR) is 140 cm³/mol. The van der Waals surface area contributed by atoms with Crippen LogP contribution >= 0.6 is 0 Å². The summed E-state index contributed by atoms with van der Waals surface area (Å²) in [6.07, 6.45) is 5.09. The van der Waals surface area contributed by atoms with Crippen molar-refractivity contribution in [1.29, 1.82) is 0 Å². The Morgan fingerprint density at radius 3 is 2.83 bits per heavy atom. The van der Waals surface area contributed by atoms with E-state index < -0.39 is 0 Å². The minimum atomic E-state index is 0.386. The molecule has 0 saturated carbocycles. The average Bonchev–Trinajstić information content (AvgIpc) is 3.25. The number of aromatic nitrogens is 6. The van der Waals surface area contributed by atoms with Gasteiger partial charge in [0.25, 0.3) is 0 Å². The monoisotopic (exact) mass is 481 g/mol. The molecule has 10 nitrogen and oxygen atoms in total. The number of fused-ring (bicyclic) bond motifs is 2. The standard InChI is InChI=1S/C26H27N9O/c1-16-10-18(4-7-23(16)36-19-5-6-22-20(11-19)31-15-34(22)3)32-25-24-21(29-14-30-25)12-28-26(33-24)35-9-8-27-17(2)13-35/h4-7,10-12,14-15,17,27H,8-9,13H2,1-3H3,(H,29,30,32)/t17-/m0/s1. The second kappa shape index (κ2) is 9.04. The van der Waals surface area contributed by atoms with Crippen molar-refractivity contribution in [2.45, 2.75) is 19.9 Å². The Bertz CT molecular complexity index is 1560. The molecule has 1 saturated heterocycles. The SMILES string of the molecule is Cc1cc(Nc2ncnc3cnc(N4CCN[C@@H](C)C4)nc23)ccc1Oc1ccc2c(c1)ncn2C. The molecule has 0 aliphatic carbocycles. The normalized spacial score (nSPS) is 16.0. The zero-order valence-electron chi connectivity index (χ0n) is 20.4. The Hall–Kier alpha value is -4.31. The van der Waals surface area contributed by atoms with Crippen LogP contribution in [0.15, 0.2) is 55.2 Å². The fourth-order valence-electron chi connectivity index (χ4n) is 4.49. The highest BCUT2D eigenvalue weighted by atomic mass is 16.5. The van der Waals surface area contributed by atoms with Crippen molar-refractivity contribution < 1.29 is 4.74 Å². The molecule has 2 aromatic carbocycles. The lowest BCUT2D eigenvalue weighted by Crippen LogP contribution is -2.49. The van der Waals surface area contributed by atoms with Crippen molar-refractivity contribution in [3.05, 3.63) is 60.8 Å². The van der Waals surface area contributed by atoms with Crippen LogP contribution in [-0.4, -0.2) is 55.2 Å². The number of anilines is 3. The van der Waals surface area contributed by atoms with Crippen molar-refractivity contribution in [2.24, 2.45) is 7.05 Å². The van der Waals surface area contributed by atoms with Crippen LogP contribution < -0.4 is 20.3 Å². The summed E-state index contributed by atoms with van der Waals surface area (Å²) in [5.41, 5.74) is 5.23.